The highest BCUT2D eigenvalue weighted by Crippen LogP contribution is 2.54. The first kappa shape index (κ1) is 17.0. The molecule has 1 saturated heterocycles. The number of aliphatic hydroxyl groups excluding tert-OH is 1. The van der Waals surface area contributed by atoms with Gasteiger partial charge < -0.3 is 14.6 Å². The fraction of sp³-hybridized carbons (Fsp3) is 0.571. The van der Waals surface area contributed by atoms with Crippen molar-refractivity contribution >= 4 is 0 Å². The van der Waals surface area contributed by atoms with Crippen LogP contribution in [-0.4, -0.2) is 30.3 Å². The Kier molecular flexibility index (Phi) is 4.12. The molecule has 1 aliphatic heterocycles. The van der Waals surface area contributed by atoms with Gasteiger partial charge in [0.2, 0.25) is 5.82 Å². The van der Waals surface area contributed by atoms with Gasteiger partial charge in [0.1, 0.15) is 0 Å². The Morgan fingerprint density at radius 2 is 1.86 bits per heavy atom. The normalized spacial score (nSPS) is 32.3. The van der Waals surface area contributed by atoms with Crippen LogP contribution in [-0.2, 0) is 4.74 Å². The van der Waals surface area contributed by atoms with Crippen LogP contribution in [0.25, 0.3) is 0 Å². The number of methoxy groups -OCH3 is 1. The topological polar surface area (TPSA) is 38.7 Å². The number of rotatable bonds is 2. The number of benzene rings is 1. The first-order chi connectivity index (χ1) is 10.0. The number of hydrogen-bond acceptors (Lipinski definition) is 3. The van der Waals surface area contributed by atoms with Crippen LogP contribution < -0.4 is 4.74 Å². The Labute approximate surface area is 123 Å². The van der Waals surface area contributed by atoms with Crippen LogP contribution in [0.3, 0.4) is 0 Å². The van der Waals surface area contributed by atoms with Gasteiger partial charge in [-0.2, -0.15) is 17.6 Å². The summed E-state index contributed by atoms with van der Waals surface area (Å²) in [6.07, 6.45) is -6.55. The minimum Gasteiger partial charge on any atom is -0.493 e. The summed E-state index contributed by atoms with van der Waals surface area (Å²) in [4.78, 5) is 0. The zero-order chi connectivity index (χ0) is 16.9. The quantitative estimate of drug-likeness (QED) is 0.847. The van der Waals surface area contributed by atoms with Gasteiger partial charge >= 0.3 is 6.18 Å². The van der Waals surface area contributed by atoms with Gasteiger partial charge in [0.25, 0.3) is 0 Å². The largest absolute Gasteiger partial charge is 0.493 e. The maximum atomic E-state index is 13.8. The molecule has 124 valence electrons. The number of ether oxygens (including phenoxy) is 2. The molecule has 3 nitrogen and oxygen atoms in total. The Hall–Kier alpha value is -1.41. The molecule has 4 atom stereocenters. The summed E-state index contributed by atoms with van der Waals surface area (Å²) in [6.45, 7) is 2.04. The zero-order valence-electron chi connectivity index (χ0n) is 12.0. The average Bonchev–Trinajstić information content (AvgIpc) is 2.64. The molecule has 1 aromatic rings. The van der Waals surface area contributed by atoms with Gasteiger partial charge in [-0.25, -0.2) is 4.39 Å². The van der Waals surface area contributed by atoms with E-state index in [1.807, 2.05) is 0 Å². The molecule has 8 heteroatoms. The van der Waals surface area contributed by atoms with Crippen molar-refractivity contribution in [3.63, 3.8) is 0 Å². The number of hydrogen-bond donors (Lipinski definition) is 1. The monoisotopic (exact) mass is 326 g/mol. The third-order valence-electron chi connectivity index (χ3n) is 4.29. The van der Waals surface area contributed by atoms with Crippen LogP contribution >= 0.6 is 0 Å². The molecule has 1 heterocycles. The Balaban J connectivity index is 2.53. The predicted octanol–water partition coefficient (Wildman–Crippen LogP) is 3.36. The third-order valence-corrected chi connectivity index (χ3v) is 4.29. The van der Waals surface area contributed by atoms with Crippen LogP contribution in [0.5, 0.6) is 5.75 Å². The van der Waals surface area contributed by atoms with Gasteiger partial charge in [0.05, 0.1) is 7.11 Å². The highest BCUT2D eigenvalue weighted by molar-refractivity contribution is 5.40. The van der Waals surface area contributed by atoms with E-state index in [0.29, 0.717) is 0 Å². The molecule has 0 bridgehead atoms. The lowest BCUT2D eigenvalue weighted by molar-refractivity contribution is -0.291. The smallest absolute Gasteiger partial charge is 0.417 e. The highest BCUT2D eigenvalue weighted by Gasteiger charge is 2.64. The maximum Gasteiger partial charge on any atom is 0.417 e. The molecule has 0 radical (unpaired) electrons. The Bertz CT molecular complexity index is 574. The average molecular weight is 326 g/mol. The molecule has 0 spiro atoms. The lowest BCUT2D eigenvalue weighted by Gasteiger charge is -2.31. The molecule has 0 aromatic heterocycles. The van der Waals surface area contributed by atoms with Crippen molar-refractivity contribution in [2.24, 2.45) is 5.92 Å². The number of halogens is 5. The minimum atomic E-state index is -4.73. The maximum absolute atomic E-state index is 13.8. The van der Waals surface area contributed by atoms with E-state index in [1.54, 1.807) is 0 Å². The van der Waals surface area contributed by atoms with Crippen molar-refractivity contribution in [1.29, 1.82) is 0 Å². The van der Waals surface area contributed by atoms with Crippen LogP contribution in [0.1, 0.15) is 25.3 Å². The van der Waals surface area contributed by atoms with E-state index >= 15 is 0 Å². The summed E-state index contributed by atoms with van der Waals surface area (Å²) >= 11 is 0. The first-order valence-electron chi connectivity index (χ1n) is 6.49. The molecular weight excluding hydrogens is 311 g/mol. The summed E-state index contributed by atoms with van der Waals surface area (Å²) in [5.41, 5.74) is -2.68. The van der Waals surface area contributed by atoms with Crippen molar-refractivity contribution in [2.75, 3.05) is 7.11 Å². The second-order valence-corrected chi connectivity index (χ2v) is 5.41. The highest BCUT2D eigenvalue weighted by atomic mass is 19.4. The summed E-state index contributed by atoms with van der Waals surface area (Å²) in [7, 11) is 1.07. The van der Waals surface area contributed by atoms with Gasteiger partial charge in [-0.15, -0.1) is 0 Å². The van der Waals surface area contributed by atoms with Crippen molar-refractivity contribution in [1.82, 2.24) is 0 Å². The van der Waals surface area contributed by atoms with E-state index in [1.165, 1.54) is 6.92 Å². The lowest BCUT2D eigenvalue weighted by atomic mass is 9.79. The van der Waals surface area contributed by atoms with Crippen LogP contribution in [0, 0.1) is 17.6 Å². The standard InChI is InChI=1S/C14H15F5O3/c1-6-9(12(20)22-13(6,2)14(17,18)19)7-4-5-8(15)10(16)11(7)21-3/h4-6,9,12,20H,1-3H3/t6?,9?,12-,13-/m1/s1. The molecule has 0 saturated carbocycles. The lowest BCUT2D eigenvalue weighted by Crippen LogP contribution is -2.46. The summed E-state index contributed by atoms with van der Waals surface area (Å²) in [5.74, 6) is -5.50. The van der Waals surface area contributed by atoms with E-state index in [4.69, 9.17) is 9.47 Å². The fourth-order valence-electron chi connectivity index (χ4n) is 2.79. The molecule has 2 unspecified atom stereocenters. The van der Waals surface area contributed by atoms with Gasteiger partial charge in [0.15, 0.2) is 23.5 Å². The fourth-order valence-corrected chi connectivity index (χ4v) is 2.79. The molecule has 0 amide bonds. The first-order valence-corrected chi connectivity index (χ1v) is 6.49. The Morgan fingerprint density at radius 3 is 2.32 bits per heavy atom. The zero-order valence-corrected chi connectivity index (χ0v) is 12.0. The van der Waals surface area contributed by atoms with E-state index in [0.717, 1.165) is 26.2 Å². The summed E-state index contributed by atoms with van der Waals surface area (Å²) in [5, 5.41) is 9.90. The van der Waals surface area contributed by atoms with Gasteiger partial charge in [0, 0.05) is 17.4 Å². The van der Waals surface area contributed by atoms with Crippen molar-refractivity contribution in [3.05, 3.63) is 29.3 Å². The van der Waals surface area contributed by atoms with E-state index in [2.05, 4.69) is 0 Å². The Morgan fingerprint density at radius 1 is 1.27 bits per heavy atom. The van der Waals surface area contributed by atoms with Crippen LogP contribution in [0.15, 0.2) is 12.1 Å². The predicted molar refractivity (Wildman–Crippen MR) is 66.4 cm³/mol. The van der Waals surface area contributed by atoms with E-state index in [9.17, 15) is 27.1 Å². The van der Waals surface area contributed by atoms with Gasteiger partial charge in [-0.1, -0.05) is 13.0 Å². The van der Waals surface area contributed by atoms with Gasteiger partial charge in [-0.05, 0) is 13.0 Å². The van der Waals surface area contributed by atoms with Crippen molar-refractivity contribution < 1.29 is 36.5 Å². The second-order valence-electron chi connectivity index (χ2n) is 5.41. The molecule has 22 heavy (non-hydrogen) atoms. The van der Waals surface area contributed by atoms with Crippen molar-refractivity contribution in [3.8, 4) is 5.75 Å². The minimum absolute atomic E-state index is 0.0747. The van der Waals surface area contributed by atoms with Crippen LogP contribution in [0.2, 0.25) is 0 Å². The second kappa shape index (κ2) is 5.34. The summed E-state index contributed by atoms with van der Waals surface area (Å²) < 4.78 is 76.0. The molecule has 1 aliphatic rings. The van der Waals surface area contributed by atoms with E-state index in [-0.39, 0.29) is 5.56 Å². The molecule has 1 fully saturated rings. The molecule has 1 aromatic carbocycles. The molecule has 0 aliphatic carbocycles. The molecule has 2 rings (SSSR count). The van der Waals surface area contributed by atoms with Gasteiger partial charge in [-0.3, -0.25) is 0 Å². The molecule has 1 N–H and O–H groups in total. The third kappa shape index (κ3) is 2.34. The number of aliphatic hydroxyl groups is 1. The number of alkyl halides is 3. The van der Waals surface area contributed by atoms with Crippen molar-refractivity contribution in [2.45, 2.75) is 37.8 Å². The van der Waals surface area contributed by atoms with E-state index < -0.39 is 47.3 Å². The summed E-state index contributed by atoms with van der Waals surface area (Å²) in [6, 6.07) is 1.86. The van der Waals surface area contributed by atoms with Crippen LogP contribution in [0.4, 0.5) is 22.0 Å². The molecular formula is C14H15F5O3. The SMILES string of the molecule is COc1c(C2C(C)[C@](C)(C(F)(F)F)O[C@H]2O)ccc(F)c1F.